The summed E-state index contributed by atoms with van der Waals surface area (Å²) in [5.41, 5.74) is 3.29. The normalized spacial score (nSPS) is 31.3. The van der Waals surface area contributed by atoms with Crippen molar-refractivity contribution in [1.82, 2.24) is 20.5 Å². The molecule has 16 heavy (non-hydrogen) atoms. The predicted octanol–water partition coefficient (Wildman–Crippen LogP) is 0.581. The first-order valence-electron chi connectivity index (χ1n) is 5.98. The lowest BCUT2D eigenvalue weighted by Crippen LogP contribution is -2.55. The second kappa shape index (κ2) is 4.41. The number of hydrogen-bond donors (Lipinski definition) is 2. The smallest absolute Gasteiger partial charge is 0.0977 e. The molecule has 2 atom stereocenters. The first-order chi connectivity index (χ1) is 7.86. The molecule has 0 saturated carbocycles. The topological polar surface area (TPSA) is 40.2 Å². The number of piperazine rings is 1. The molecule has 1 saturated heterocycles. The molecule has 2 aliphatic heterocycles. The second-order valence-corrected chi connectivity index (χ2v) is 5.45. The van der Waals surface area contributed by atoms with Gasteiger partial charge in [0.25, 0.3) is 0 Å². The average Bonchev–Trinajstić information content (AvgIpc) is 2.77. The zero-order chi connectivity index (χ0) is 11.0. The summed E-state index contributed by atoms with van der Waals surface area (Å²) in [6.45, 7) is 6.65. The number of nitrogens with one attached hydrogen (secondary N) is 2. The van der Waals surface area contributed by atoms with Gasteiger partial charge in [-0.1, -0.05) is 0 Å². The minimum atomic E-state index is 0.397. The Morgan fingerprint density at radius 3 is 3.31 bits per heavy atom. The van der Waals surface area contributed by atoms with Gasteiger partial charge in [0.05, 0.1) is 22.2 Å². The van der Waals surface area contributed by atoms with E-state index in [9.17, 15) is 0 Å². The number of aromatic nitrogens is 1. The van der Waals surface area contributed by atoms with Crippen molar-refractivity contribution in [3.8, 4) is 0 Å². The molecule has 1 aromatic heterocycles. The molecule has 0 bridgehead atoms. The Morgan fingerprint density at radius 2 is 2.44 bits per heavy atom. The summed E-state index contributed by atoms with van der Waals surface area (Å²) in [6, 6.07) is 0.597. The van der Waals surface area contributed by atoms with Crippen LogP contribution >= 0.6 is 11.3 Å². The molecule has 1 aromatic rings. The Morgan fingerprint density at radius 1 is 1.50 bits per heavy atom. The minimum absolute atomic E-state index is 0.397. The Hall–Kier alpha value is -0.490. The molecule has 0 spiro atoms. The fourth-order valence-electron chi connectivity index (χ4n) is 2.62. The van der Waals surface area contributed by atoms with Crippen molar-refractivity contribution in [2.45, 2.75) is 25.6 Å². The summed E-state index contributed by atoms with van der Waals surface area (Å²) < 4.78 is 0. The Labute approximate surface area is 100 Å². The SMILES string of the molecule is CC1CNCCN1C1NCCc2ncsc21. The lowest BCUT2D eigenvalue weighted by molar-refractivity contribution is 0.0926. The van der Waals surface area contributed by atoms with Gasteiger partial charge in [-0.2, -0.15) is 0 Å². The van der Waals surface area contributed by atoms with E-state index in [1.165, 1.54) is 10.6 Å². The van der Waals surface area contributed by atoms with Crippen LogP contribution in [0.2, 0.25) is 0 Å². The van der Waals surface area contributed by atoms with Crippen LogP contribution in [0.1, 0.15) is 23.7 Å². The Kier molecular flexibility index (Phi) is 2.93. The largest absolute Gasteiger partial charge is 0.314 e. The van der Waals surface area contributed by atoms with Crippen LogP contribution in [0, 0.1) is 0 Å². The number of thiazole rings is 1. The third-order valence-corrected chi connectivity index (χ3v) is 4.43. The van der Waals surface area contributed by atoms with E-state index in [0.717, 1.165) is 32.6 Å². The number of hydrogen-bond acceptors (Lipinski definition) is 5. The number of nitrogens with zero attached hydrogens (tertiary/aromatic N) is 2. The van der Waals surface area contributed by atoms with E-state index in [2.05, 4.69) is 27.4 Å². The third kappa shape index (κ3) is 1.78. The van der Waals surface area contributed by atoms with Gasteiger partial charge in [0, 0.05) is 38.6 Å². The molecule has 0 amide bonds. The molecule has 1 fully saturated rings. The summed E-state index contributed by atoms with van der Waals surface area (Å²) in [4.78, 5) is 8.46. The Bertz CT molecular complexity index is 365. The van der Waals surface area contributed by atoms with E-state index < -0.39 is 0 Å². The molecule has 0 aromatic carbocycles. The summed E-state index contributed by atoms with van der Waals surface area (Å²) >= 11 is 1.79. The van der Waals surface area contributed by atoms with E-state index in [-0.39, 0.29) is 0 Å². The van der Waals surface area contributed by atoms with E-state index in [0.29, 0.717) is 12.2 Å². The maximum atomic E-state index is 4.46. The highest BCUT2D eigenvalue weighted by Crippen LogP contribution is 2.30. The van der Waals surface area contributed by atoms with Gasteiger partial charge in [0.1, 0.15) is 0 Å². The summed E-state index contributed by atoms with van der Waals surface area (Å²) in [5, 5.41) is 7.07. The standard InChI is InChI=1S/C11H18N4S/c1-8-6-12-4-5-15(8)11-10-9(2-3-13-11)14-7-16-10/h7-8,11-13H,2-6H2,1H3. The first-order valence-corrected chi connectivity index (χ1v) is 6.86. The second-order valence-electron chi connectivity index (χ2n) is 4.56. The molecule has 88 valence electrons. The molecule has 3 rings (SSSR count). The fraction of sp³-hybridized carbons (Fsp3) is 0.727. The van der Waals surface area contributed by atoms with Crippen LogP contribution in [0.15, 0.2) is 5.51 Å². The zero-order valence-corrected chi connectivity index (χ0v) is 10.4. The van der Waals surface area contributed by atoms with Gasteiger partial charge in [-0.3, -0.25) is 10.2 Å². The maximum Gasteiger partial charge on any atom is 0.0977 e. The van der Waals surface area contributed by atoms with Gasteiger partial charge in [-0.15, -0.1) is 11.3 Å². The van der Waals surface area contributed by atoms with Crippen molar-refractivity contribution >= 4 is 11.3 Å². The molecule has 2 aliphatic rings. The first kappa shape index (κ1) is 10.7. The van der Waals surface area contributed by atoms with Gasteiger partial charge in [0.2, 0.25) is 0 Å². The van der Waals surface area contributed by atoms with Crippen molar-refractivity contribution in [3.63, 3.8) is 0 Å². The van der Waals surface area contributed by atoms with Crippen LogP contribution in [-0.2, 0) is 6.42 Å². The summed E-state index contributed by atoms with van der Waals surface area (Å²) in [5.74, 6) is 0. The van der Waals surface area contributed by atoms with Gasteiger partial charge >= 0.3 is 0 Å². The molecule has 2 unspecified atom stereocenters. The van der Waals surface area contributed by atoms with Crippen LogP contribution < -0.4 is 10.6 Å². The lowest BCUT2D eigenvalue weighted by Gasteiger charge is -2.41. The molecule has 2 N–H and O–H groups in total. The van der Waals surface area contributed by atoms with E-state index in [1.54, 1.807) is 11.3 Å². The van der Waals surface area contributed by atoms with Crippen molar-refractivity contribution in [1.29, 1.82) is 0 Å². The third-order valence-electron chi connectivity index (χ3n) is 3.50. The monoisotopic (exact) mass is 238 g/mol. The summed E-state index contributed by atoms with van der Waals surface area (Å²) in [7, 11) is 0. The fourth-order valence-corrected chi connectivity index (χ4v) is 3.55. The molecule has 0 aliphatic carbocycles. The molecule has 5 heteroatoms. The molecule has 0 radical (unpaired) electrons. The highest BCUT2D eigenvalue weighted by Gasteiger charge is 2.31. The Balaban J connectivity index is 1.85. The summed E-state index contributed by atoms with van der Waals surface area (Å²) in [6.07, 6.45) is 1.48. The van der Waals surface area contributed by atoms with E-state index in [1.807, 2.05) is 5.51 Å². The molecular weight excluding hydrogens is 220 g/mol. The van der Waals surface area contributed by atoms with Crippen LogP contribution in [0.5, 0.6) is 0 Å². The number of fused-ring (bicyclic) bond motifs is 1. The van der Waals surface area contributed by atoms with E-state index >= 15 is 0 Å². The van der Waals surface area contributed by atoms with Gasteiger partial charge in [0.15, 0.2) is 0 Å². The van der Waals surface area contributed by atoms with Crippen molar-refractivity contribution in [2.75, 3.05) is 26.2 Å². The van der Waals surface area contributed by atoms with Gasteiger partial charge in [-0.25, -0.2) is 4.98 Å². The minimum Gasteiger partial charge on any atom is -0.314 e. The van der Waals surface area contributed by atoms with Crippen molar-refractivity contribution in [2.24, 2.45) is 0 Å². The van der Waals surface area contributed by atoms with Crippen LogP contribution in [0.4, 0.5) is 0 Å². The maximum absolute atomic E-state index is 4.46. The quantitative estimate of drug-likeness (QED) is 0.751. The predicted molar refractivity (Wildman–Crippen MR) is 65.6 cm³/mol. The highest BCUT2D eigenvalue weighted by atomic mass is 32.1. The van der Waals surface area contributed by atoms with Crippen LogP contribution in [0.25, 0.3) is 0 Å². The zero-order valence-electron chi connectivity index (χ0n) is 9.57. The molecule has 3 heterocycles. The van der Waals surface area contributed by atoms with Crippen molar-refractivity contribution in [3.05, 3.63) is 16.1 Å². The highest BCUT2D eigenvalue weighted by molar-refractivity contribution is 7.09. The number of rotatable bonds is 1. The van der Waals surface area contributed by atoms with Crippen LogP contribution in [-0.4, -0.2) is 42.1 Å². The molecule has 4 nitrogen and oxygen atoms in total. The van der Waals surface area contributed by atoms with Crippen LogP contribution in [0.3, 0.4) is 0 Å². The van der Waals surface area contributed by atoms with E-state index in [4.69, 9.17) is 0 Å². The van der Waals surface area contributed by atoms with Gasteiger partial charge in [-0.05, 0) is 6.92 Å². The van der Waals surface area contributed by atoms with Gasteiger partial charge < -0.3 is 5.32 Å². The molecular formula is C11H18N4S. The average molecular weight is 238 g/mol. The lowest BCUT2D eigenvalue weighted by atomic mass is 10.1. The van der Waals surface area contributed by atoms with Crippen molar-refractivity contribution < 1.29 is 0 Å².